The van der Waals surface area contributed by atoms with E-state index < -0.39 is 0 Å². The zero-order chi connectivity index (χ0) is 10.0. The van der Waals surface area contributed by atoms with Crippen LogP contribution in [-0.4, -0.2) is 11.9 Å². The Morgan fingerprint density at radius 1 is 1.62 bits per heavy atom. The average Bonchev–Trinajstić information content (AvgIpc) is 2.31. The lowest BCUT2D eigenvalue weighted by Gasteiger charge is -2.05. The summed E-state index contributed by atoms with van der Waals surface area (Å²) in [6, 6.07) is 2.08. The lowest BCUT2D eigenvalue weighted by Crippen LogP contribution is -2.29. The summed E-state index contributed by atoms with van der Waals surface area (Å²) < 4.78 is 1.03. The molecule has 2 nitrogen and oxygen atoms in total. The second-order valence-electron chi connectivity index (χ2n) is 3.20. The highest BCUT2D eigenvalue weighted by atomic mass is 79.9. The Bertz CT molecular complexity index is 300. The third-order valence-electron chi connectivity index (χ3n) is 1.50. The quantitative estimate of drug-likeness (QED) is 0.872. The monoisotopic (exact) mass is 261 g/mol. The van der Waals surface area contributed by atoms with Gasteiger partial charge in [-0.1, -0.05) is 0 Å². The fourth-order valence-electron chi connectivity index (χ4n) is 0.905. The molecule has 0 aromatic carbocycles. The summed E-state index contributed by atoms with van der Waals surface area (Å²) in [7, 11) is 0. The second-order valence-corrected chi connectivity index (χ2v) is 5.57. The standard InChI is InChI=1S/C9H12BrNOS/c1-5(2)11-9(12)7-4-6(3)8(10)13-7/h4-5H,1-3H3,(H,11,12). The van der Waals surface area contributed by atoms with Crippen molar-refractivity contribution in [3.05, 3.63) is 20.3 Å². The van der Waals surface area contributed by atoms with Crippen LogP contribution in [0.5, 0.6) is 0 Å². The van der Waals surface area contributed by atoms with Gasteiger partial charge in [-0.2, -0.15) is 0 Å². The zero-order valence-corrected chi connectivity index (χ0v) is 10.3. The van der Waals surface area contributed by atoms with Gasteiger partial charge in [-0.15, -0.1) is 11.3 Å². The normalized spacial score (nSPS) is 10.5. The maximum absolute atomic E-state index is 11.5. The molecule has 0 bridgehead atoms. The molecule has 0 radical (unpaired) electrons. The number of halogens is 1. The highest BCUT2D eigenvalue weighted by molar-refractivity contribution is 9.11. The van der Waals surface area contributed by atoms with Gasteiger partial charge in [-0.05, 0) is 48.3 Å². The Kier molecular flexibility index (Phi) is 3.50. The van der Waals surface area contributed by atoms with Crippen molar-refractivity contribution >= 4 is 33.2 Å². The molecule has 1 rings (SSSR count). The smallest absolute Gasteiger partial charge is 0.261 e. The van der Waals surface area contributed by atoms with Gasteiger partial charge in [-0.3, -0.25) is 4.79 Å². The fraction of sp³-hybridized carbons (Fsp3) is 0.444. The summed E-state index contributed by atoms with van der Waals surface area (Å²) >= 11 is 4.86. The van der Waals surface area contributed by atoms with Crippen LogP contribution in [-0.2, 0) is 0 Å². The summed E-state index contributed by atoms with van der Waals surface area (Å²) in [5, 5.41) is 2.85. The molecule has 0 saturated carbocycles. The van der Waals surface area contributed by atoms with Crippen molar-refractivity contribution in [1.29, 1.82) is 0 Å². The number of rotatable bonds is 2. The molecule has 13 heavy (non-hydrogen) atoms. The summed E-state index contributed by atoms with van der Waals surface area (Å²) in [5.74, 6) is 0.00815. The maximum atomic E-state index is 11.5. The highest BCUT2D eigenvalue weighted by Crippen LogP contribution is 2.27. The summed E-state index contributed by atoms with van der Waals surface area (Å²) in [5.41, 5.74) is 1.11. The van der Waals surface area contributed by atoms with Gasteiger partial charge in [0, 0.05) is 6.04 Å². The van der Waals surface area contributed by atoms with Crippen molar-refractivity contribution in [2.75, 3.05) is 0 Å². The van der Waals surface area contributed by atoms with E-state index in [-0.39, 0.29) is 11.9 Å². The van der Waals surface area contributed by atoms with Crippen LogP contribution in [0.25, 0.3) is 0 Å². The third-order valence-corrected chi connectivity index (χ3v) is 3.64. The number of thiophene rings is 1. The molecule has 0 spiro atoms. The van der Waals surface area contributed by atoms with Crippen molar-refractivity contribution in [2.45, 2.75) is 26.8 Å². The molecule has 72 valence electrons. The van der Waals surface area contributed by atoms with Gasteiger partial charge in [0.05, 0.1) is 8.66 Å². The molecule has 0 aliphatic carbocycles. The SMILES string of the molecule is Cc1cc(C(=O)NC(C)C)sc1Br. The molecule has 0 aliphatic heterocycles. The maximum Gasteiger partial charge on any atom is 0.261 e. The van der Waals surface area contributed by atoms with Crippen molar-refractivity contribution in [1.82, 2.24) is 5.32 Å². The fourth-order valence-corrected chi connectivity index (χ4v) is 2.34. The van der Waals surface area contributed by atoms with Gasteiger partial charge in [0.25, 0.3) is 5.91 Å². The van der Waals surface area contributed by atoms with Crippen molar-refractivity contribution in [2.24, 2.45) is 0 Å². The molecule has 0 aliphatic rings. The summed E-state index contributed by atoms with van der Waals surface area (Å²) in [4.78, 5) is 12.3. The van der Waals surface area contributed by atoms with Crippen LogP contribution < -0.4 is 5.32 Å². The van der Waals surface area contributed by atoms with Crippen LogP contribution in [0.4, 0.5) is 0 Å². The van der Waals surface area contributed by atoms with E-state index in [4.69, 9.17) is 0 Å². The Labute approximate surface area is 90.5 Å². The molecule has 0 saturated heterocycles. The molecule has 1 aromatic heterocycles. The number of amides is 1. The third kappa shape index (κ3) is 2.81. The topological polar surface area (TPSA) is 29.1 Å². The molecule has 1 amide bonds. The van der Waals surface area contributed by atoms with Gasteiger partial charge >= 0.3 is 0 Å². The number of hydrogen-bond donors (Lipinski definition) is 1. The van der Waals surface area contributed by atoms with E-state index in [1.165, 1.54) is 11.3 Å². The van der Waals surface area contributed by atoms with E-state index in [0.717, 1.165) is 14.2 Å². The van der Waals surface area contributed by atoms with Crippen molar-refractivity contribution in [3.63, 3.8) is 0 Å². The van der Waals surface area contributed by atoms with Crippen LogP contribution in [0.1, 0.15) is 29.1 Å². The van der Waals surface area contributed by atoms with Gasteiger partial charge in [0.15, 0.2) is 0 Å². The number of carbonyl (C=O) groups excluding carboxylic acids is 1. The minimum Gasteiger partial charge on any atom is -0.349 e. The highest BCUT2D eigenvalue weighted by Gasteiger charge is 2.11. The predicted molar refractivity (Wildman–Crippen MR) is 59.4 cm³/mol. The van der Waals surface area contributed by atoms with Crippen molar-refractivity contribution in [3.8, 4) is 0 Å². The van der Waals surface area contributed by atoms with Crippen LogP contribution in [0.2, 0.25) is 0 Å². The summed E-state index contributed by atoms with van der Waals surface area (Å²) in [6.07, 6.45) is 0. The Hall–Kier alpha value is -0.350. The van der Waals surface area contributed by atoms with Gasteiger partial charge in [-0.25, -0.2) is 0 Å². The van der Waals surface area contributed by atoms with E-state index in [0.29, 0.717) is 0 Å². The van der Waals surface area contributed by atoms with Gasteiger partial charge < -0.3 is 5.32 Å². The van der Waals surface area contributed by atoms with E-state index in [9.17, 15) is 4.79 Å². The first kappa shape index (κ1) is 10.7. The molecule has 1 aromatic rings. The van der Waals surface area contributed by atoms with E-state index in [2.05, 4.69) is 21.2 Å². The zero-order valence-electron chi connectivity index (χ0n) is 7.85. The molecule has 4 heteroatoms. The molecule has 0 fully saturated rings. The largest absolute Gasteiger partial charge is 0.349 e. The molecular formula is C9H12BrNOS. The van der Waals surface area contributed by atoms with Crippen LogP contribution in [0.15, 0.2) is 9.85 Å². The Morgan fingerprint density at radius 2 is 2.23 bits per heavy atom. The number of hydrogen-bond acceptors (Lipinski definition) is 2. The number of aryl methyl sites for hydroxylation is 1. The van der Waals surface area contributed by atoms with Crippen molar-refractivity contribution < 1.29 is 4.79 Å². The van der Waals surface area contributed by atoms with Gasteiger partial charge in [0.2, 0.25) is 0 Å². The first-order chi connectivity index (χ1) is 6.00. The predicted octanol–water partition coefficient (Wildman–Crippen LogP) is 2.96. The first-order valence-corrected chi connectivity index (χ1v) is 5.68. The molecule has 1 N–H and O–H groups in total. The Balaban J connectivity index is 2.77. The number of nitrogens with one attached hydrogen (secondary N) is 1. The van der Waals surface area contributed by atoms with E-state index >= 15 is 0 Å². The molecule has 0 atom stereocenters. The van der Waals surface area contributed by atoms with Crippen LogP contribution in [0.3, 0.4) is 0 Å². The van der Waals surface area contributed by atoms with Gasteiger partial charge in [0.1, 0.15) is 0 Å². The lowest BCUT2D eigenvalue weighted by atomic mass is 10.3. The number of carbonyl (C=O) groups is 1. The van der Waals surface area contributed by atoms with Crippen LogP contribution in [0, 0.1) is 6.92 Å². The van der Waals surface area contributed by atoms with E-state index in [1.807, 2.05) is 26.8 Å². The summed E-state index contributed by atoms with van der Waals surface area (Å²) in [6.45, 7) is 5.88. The molecule has 1 heterocycles. The molecule has 0 unspecified atom stereocenters. The minimum absolute atomic E-state index is 0.00815. The van der Waals surface area contributed by atoms with Crippen LogP contribution >= 0.6 is 27.3 Å². The molecular weight excluding hydrogens is 250 g/mol. The Morgan fingerprint density at radius 3 is 2.62 bits per heavy atom. The average molecular weight is 262 g/mol. The first-order valence-electron chi connectivity index (χ1n) is 4.07. The minimum atomic E-state index is 0.00815. The lowest BCUT2D eigenvalue weighted by molar-refractivity contribution is 0.0947. The van der Waals surface area contributed by atoms with E-state index in [1.54, 1.807) is 0 Å². The second kappa shape index (κ2) is 4.24.